The fourth-order valence-corrected chi connectivity index (χ4v) is 5.95. The number of ketones is 1. The number of carbonyl (C=O) groups is 3. The molecular weight excluding hydrogens is 454 g/mol. The molecule has 2 heterocycles. The van der Waals surface area contributed by atoms with Gasteiger partial charge in [0.15, 0.2) is 5.78 Å². The first-order valence-electron chi connectivity index (χ1n) is 12.3. The second-order valence-corrected chi connectivity index (χ2v) is 10.5. The van der Waals surface area contributed by atoms with Crippen molar-refractivity contribution in [2.75, 3.05) is 16.8 Å². The van der Waals surface area contributed by atoms with Crippen molar-refractivity contribution in [2.45, 2.75) is 52.9 Å². The van der Waals surface area contributed by atoms with Gasteiger partial charge in [-0.2, -0.15) is 0 Å². The van der Waals surface area contributed by atoms with Crippen molar-refractivity contribution in [3.8, 4) is 0 Å². The number of hydrogen-bond donors (Lipinski definition) is 2. The number of ether oxygens (including phenoxy) is 1. The predicted octanol–water partition coefficient (Wildman–Crippen LogP) is 4.39. The maximum absolute atomic E-state index is 14.0. The number of esters is 1. The van der Waals surface area contributed by atoms with Gasteiger partial charge in [0, 0.05) is 28.9 Å². The Bertz CT molecular complexity index is 1400. The van der Waals surface area contributed by atoms with Crippen LogP contribution in [0.2, 0.25) is 0 Å². The fourth-order valence-electron chi connectivity index (χ4n) is 5.95. The molecule has 0 saturated carbocycles. The SMILES string of the molecule is CCOC(=O)C1=C(N)N(c2cccc(C)c2C)C2=C(C(=O)CC(C)(C)C2)C12C(=O)Nc1ccccc12. The Labute approximate surface area is 211 Å². The molecule has 1 unspecified atom stereocenters. The molecule has 1 amide bonds. The molecule has 7 heteroatoms. The number of anilines is 2. The van der Waals surface area contributed by atoms with Gasteiger partial charge in [-0.25, -0.2) is 4.79 Å². The maximum Gasteiger partial charge on any atom is 0.339 e. The standard InChI is InChI=1S/C29H31N3O4/c1-6-36-26(34)24-25(30)32(20-13-9-10-16(2)17(20)3)21-14-28(4,5)15-22(33)23(21)29(24)18-11-7-8-12-19(18)31-27(29)35/h7-13H,6,14-15,30H2,1-5H3,(H,31,35). The van der Waals surface area contributed by atoms with Gasteiger partial charge in [-0.15, -0.1) is 0 Å². The summed E-state index contributed by atoms with van der Waals surface area (Å²) in [7, 11) is 0. The normalized spacial score (nSPS) is 22.5. The Kier molecular flexibility index (Phi) is 5.36. The van der Waals surface area contributed by atoms with E-state index in [1.54, 1.807) is 25.1 Å². The van der Waals surface area contributed by atoms with Crippen LogP contribution in [0, 0.1) is 19.3 Å². The molecule has 0 aromatic heterocycles. The highest BCUT2D eigenvalue weighted by atomic mass is 16.5. The van der Waals surface area contributed by atoms with Gasteiger partial charge in [0.25, 0.3) is 0 Å². The van der Waals surface area contributed by atoms with E-state index in [0.29, 0.717) is 28.9 Å². The van der Waals surface area contributed by atoms with Crippen LogP contribution < -0.4 is 16.0 Å². The summed E-state index contributed by atoms with van der Waals surface area (Å²) >= 11 is 0. The molecule has 5 rings (SSSR count). The zero-order valence-electron chi connectivity index (χ0n) is 21.3. The van der Waals surface area contributed by atoms with E-state index in [2.05, 4.69) is 5.32 Å². The summed E-state index contributed by atoms with van der Waals surface area (Å²) in [6, 6.07) is 13.0. The van der Waals surface area contributed by atoms with Crippen LogP contribution in [0.5, 0.6) is 0 Å². The molecule has 1 spiro atoms. The van der Waals surface area contributed by atoms with Gasteiger partial charge >= 0.3 is 5.97 Å². The van der Waals surface area contributed by atoms with Crippen LogP contribution in [0.25, 0.3) is 0 Å². The summed E-state index contributed by atoms with van der Waals surface area (Å²) in [5.41, 5.74) is 9.70. The number of nitrogens with one attached hydrogen (secondary N) is 1. The molecule has 36 heavy (non-hydrogen) atoms. The third-order valence-electron chi connectivity index (χ3n) is 7.59. The van der Waals surface area contributed by atoms with Gasteiger partial charge in [0.2, 0.25) is 5.91 Å². The molecule has 186 valence electrons. The van der Waals surface area contributed by atoms with Gasteiger partial charge < -0.3 is 15.8 Å². The summed E-state index contributed by atoms with van der Waals surface area (Å²) in [4.78, 5) is 43.5. The molecule has 0 saturated heterocycles. The molecule has 3 aliphatic rings. The van der Waals surface area contributed by atoms with Gasteiger partial charge in [-0.1, -0.05) is 44.2 Å². The average Bonchev–Trinajstić information content (AvgIpc) is 3.07. The number of fused-ring (bicyclic) bond motifs is 3. The first kappa shape index (κ1) is 23.9. The lowest BCUT2D eigenvalue weighted by atomic mass is 9.60. The van der Waals surface area contributed by atoms with E-state index in [9.17, 15) is 14.4 Å². The minimum absolute atomic E-state index is 0.0143. The van der Waals surface area contributed by atoms with Crippen LogP contribution in [-0.4, -0.2) is 24.3 Å². The summed E-state index contributed by atoms with van der Waals surface area (Å²) < 4.78 is 5.48. The Morgan fingerprint density at radius 1 is 1.08 bits per heavy atom. The molecule has 3 N–H and O–H groups in total. The molecule has 0 radical (unpaired) electrons. The van der Waals surface area contributed by atoms with E-state index in [0.717, 1.165) is 16.8 Å². The van der Waals surface area contributed by atoms with Crippen molar-refractivity contribution in [2.24, 2.45) is 11.1 Å². The lowest BCUT2D eigenvalue weighted by Gasteiger charge is -2.47. The first-order chi connectivity index (χ1) is 17.0. The van der Waals surface area contributed by atoms with Gasteiger partial charge in [0.1, 0.15) is 16.8 Å². The Morgan fingerprint density at radius 3 is 2.53 bits per heavy atom. The zero-order valence-corrected chi connectivity index (χ0v) is 21.3. The largest absolute Gasteiger partial charge is 0.462 e. The predicted molar refractivity (Wildman–Crippen MR) is 138 cm³/mol. The number of Topliss-reactive ketones (excluding diaryl/α,β-unsaturated/α-hetero) is 1. The molecule has 2 aromatic carbocycles. The number of benzene rings is 2. The topological polar surface area (TPSA) is 102 Å². The smallest absolute Gasteiger partial charge is 0.339 e. The van der Waals surface area contributed by atoms with Crippen molar-refractivity contribution in [3.05, 3.63) is 81.8 Å². The second-order valence-electron chi connectivity index (χ2n) is 10.5. The van der Waals surface area contributed by atoms with Gasteiger partial charge in [-0.3, -0.25) is 14.5 Å². The molecule has 0 fully saturated rings. The van der Waals surface area contributed by atoms with E-state index in [-0.39, 0.29) is 35.6 Å². The number of allylic oxidation sites excluding steroid dienone is 1. The van der Waals surface area contributed by atoms with Crippen LogP contribution in [0.3, 0.4) is 0 Å². The number of hydrogen-bond acceptors (Lipinski definition) is 6. The maximum atomic E-state index is 14.0. The van der Waals surface area contributed by atoms with Gasteiger partial charge in [0.05, 0.1) is 12.3 Å². The second kappa shape index (κ2) is 8.08. The van der Waals surface area contributed by atoms with Crippen LogP contribution in [0.1, 0.15) is 50.3 Å². The van der Waals surface area contributed by atoms with Crippen molar-refractivity contribution >= 4 is 29.0 Å². The summed E-state index contributed by atoms with van der Waals surface area (Å²) in [5.74, 6) is -1.23. The number of amides is 1. The molecule has 1 aliphatic carbocycles. The van der Waals surface area contributed by atoms with Gasteiger partial charge in [-0.05, 0) is 55.9 Å². The molecule has 1 atom stereocenters. The lowest BCUT2D eigenvalue weighted by Crippen LogP contribution is -2.54. The minimum Gasteiger partial charge on any atom is -0.462 e. The number of carbonyl (C=O) groups excluding carboxylic acids is 3. The van der Waals surface area contributed by atoms with Crippen molar-refractivity contribution < 1.29 is 19.1 Å². The molecule has 2 aromatic rings. The van der Waals surface area contributed by atoms with E-state index < -0.39 is 17.3 Å². The van der Waals surface area contributed by atoms with Crippen molar-refractivity contribution in [3.63, 3.8) is 0 Å². The molecular formula is C29H31N3O4. The number of nitrogens with zero attached hydrogens (tertiary/aromatic N) is 1. The highest BCUT2D eigenvalue weighted by Gasteiger charge is 2.63. The fraction of sp³-hybridized carbons (Fsp3) is 0.345. The monoisotopic (exact) mass is 485 g/mol. The number of rotatable bonds is 3. The minimum atomic E-state index is -1.68. The molecule has 2 aliphatic heterocycles. The summed E-state index contributed by atoms with van der Waals surface area (Å²) in [6.45, 7) is 9.86. The highest BCUT2D eigenvalue weighted by molar-refractivity contribution is 6.23. The Balaban J connectivity index is 1.94. The summed E-state index contributed by atoms with van der Waals surface area (Å²) in [6.07, 6.45) is 0.759. The van der Waals surface area contributed by atoms with Crippen LogP contribution in [0.4, 0.5) is 11.4 Å². The quantitative estimate of drug-likeness (QED) is 0.626. The number of aryl methyl sites for hydroxylation is 1. The average molecular weight is 486 g/mol. The van der Waals surface area contributed by atoms with Crippen LogP contribution in [0.15, 0.2) is 65.1 Å². The lowest BCUT2D eigenvalue weighted by molar-refractivity contribution is -0.140. The van der Waals surface area contributed by atoms with E-state index in [1.165, 1.54) is 0 Å². The van der Waals surface area contributed by atoms with Crippen LogP contribution in [-0.2, 0) is 24.5 Å². The Morgan fingerprint density at radius 2 is 1.81 bits per heavy atom. The zero-order chi connectivity index (χ0) is 26.0. The molecule has 0 bridgehead atoms. The van der Waals surface area contributed by atoms with E-state index in [4.69, 9.17) is 10.5 Å². The third kappa shape index (κ3) is 3.15. The first-order valence-corrected chi connectivity index (χ1v) is 12.3. The van der Waals surface area contributed by atoms with Crippen molar-refractivity contribution in [1.82, 2.24) is 0 Å². The molecule has 7 nitrogen and oxygen atoms in total. The Hall–Kier alpha value is -3.87. The third-order valence-corrected chi connectivity index (χ3v) is 7.59. The van der Waals surface area contributed by atoms with Crippen molar-refractivity contribution in [1.29, 1.82) is 0 Å². The summed E-state index contributed by atoms with van der Waals surface area (Å²) in [5, 5.41) is 2.91. The number of para-hydroxylation sites is 1. The van der Waals surface area contributed by atoms with E-state index in [1.807, 2.05) is 56.9 Å². The number of nitrogens with two attached hydrogens (primary N) is 1. The van der Waals surface area contributed by atoms with E-state index >= 15 is 0 Å². The highest BCUT2D eigenvalue weighted by Crippen LogP contribution is 2.57. The van der Waals surface area contributed by atoms with Crippen LogP contribution >= 0.6 is 0 Å².